The fourth-order valence-electron chi connectivity index (χ4n) is 3.31. The number of nitrogens with two attached hydrogens (primary N) is 1. The van der Waals surface area contributed by atoms with E-state index in [2.05, 4.69) is 5.32 Å². The molecule has 2 saturated carbocycles. The molecule has 23 heavy (non-hydrogen) atoms. The molecule has 0 heterocycles. The molecule has 0 aliphatic heterocycles. The lowest BCUT2D eigenvalue weighted by Crippen LogP contribution is -2.48. The van der Waals surface area contributed by atoms with Crippen LogP contribution in [0.1, 0.15) is 38.5 Å². The highest BCUT2D eigenvalue weighted by Gasteiger charge is 2.33. The Bertz CT molecular complexity index is 547. The molecule has 6 heteroatoms. The van der Waals surface area contributed by atoms with E-state index in [0.29, 0.717) is 0 Å². The van der Waals surface area contributed by atoms with Gasteiger partial charge in [-0.15, -0.1) is 0 Å². The van der Waals surface area contributed by atoms with Gasteiger partial charge in [-0.3, -0.25) is 4.79 Å². The number of carbonyl (C=O) groups excluding carboxylic acids is 1. The first-order valence-electron chi connectivity index (χ1n) is 8.18. The van der Waals surface area contributed by atoms with Crippen LogP contribution in [-0.4, -0.2) is 24.1 Å². The van der Waals surface area contributed by atoms with Gasteiger partial charge in [0, 0.05) is 36.2 Å². The summed E-state index contributed by atoms with van der Waals surface area (Å²) in [6.45, 7) is 0. The highest BCUT2D eigenvalue weighted by molar-refractivity contribution is 5.80. The fourth-order valence-corrected chi connectivity index (χ4v) is 3.31. The second-order valence-electron chi connectivity index (χ2n) is 6.63. The Morgan fingerprint density at radius 3 is 2.26 bits per heavy atom. The standard InChI is InChI=1S/C17H22F2N2O2/c18-11-7-12(19)9-16(8-11)23-15-3-1-14(2-4-15)21-17(22)10-5-13(20)6-10/h7-10,13-15H,1-6,20H2,(H,21,22). The third-order valence-electron chi connectivity index (χ3n) is 4.70. The van der Waals surface area contributed by atoms with E-state index in [-0.39, 0.29) is 35.8 Å². The molecule has 1 amide bonds. The molecule has 2 aliphatic carbocycles. The van der Waals surface area contributed by atoms with Crippen molar-refractivity contribution < 1.29 is 18.3 Å². The van der Waals surface area contributed by atoms with Crippen LogP contribution in [0.25, 0.3) is 0 Å². The maximum Gasteiger partial charge on any atom is 0.223 e. The summed E-state index contributed by atoms with van der Waals surface area (Å²) in [5.74, 6) is -0.893. The molecule has 2 fully saturated rings. The number of carbonyl (C=O) groups is 1. The second kappa shape index (κ2) is 6.83. The smallest absolute Gasteiger partial charge is 0.223 e. The van der Waals surface area contributed by atoms with E-state index in [1.165, 1.54) is 12.1 Å². The Morgan fingerprint density at radius 1 is 1.09 bits per heavy atom. The Kier molecular flexibility index (Phi) is 4.80. The Morgan fingerprint density at radius 2 is 1.70 bits per heavy atom. The molecule has 0 aromatic heterocycles. The van der Waals surface area contributed by atoms with Gasteiger partial charge >= 0.3 is 0 Å². The maximum absolute atomic E-state index is 13.2. The van der Waals surface area contributed by atoms with E-state index in [0.717, 1.165) is 44.6 Å². The fraction of sp³-hybridized carbons (Fsp3) is 0.588. The number of amides is 1. The zero-order valence-corrected chi connectivity index (χ0v) is 12.9. The minimum atomic E-state index is -0.639. The number of halogens is 2. The highest BCUT2D eigenvalue weighted by atomic mass is 19.1. The third kappa shape index (κ3) is 4.19. The monoisotopic (exact) mass is 324 g/mol. The SMILES string of the molecule is NC1CC(C(=O)NC2CCC(Oc3cc(F)cc(F)c3)CC2)C1. The van der Waals surface area contributed by atoms with E-state index in [4.69, 9.17) is 10.5 Å². The van der Waals surface area contributed by atoms with E-state index < -0.39 is 11.6 Å². The lowest BCUT2D eigenvalue weighted by atomic mass is 9.80. The van der Waals surface area contributed by atoms with Gasteiger partial charge in [0.25, 0.3) is 0 Å². The average Bonchev–Trinajstić information content (AvgIpc) is 2.45. The van der Waals surface area contributed by atoms with E-state index in [1.807, 2.05) is 0 Å². The summed E-state index contributed by atoms with van der Waals surface area (Å²) in [5, 5.41) is 3.07. The van der Waals surface area contributed by atoms with Gasteiger partial charge in [-0.2, -0.15) is 0 Å². The van der Waals surface area contributed by atoms with E-state index >= 15 is 0 Å². The van der Waals surface area contributed by atoms with Gasteiger partial charge in [-0.25, -0.2) is 8.78 Å². The van der Waals surface area contributed by atoms with Crippen LogP contribution < -0.4 is 15.8 Å². The van der Waals surface area contributed by atoms with Crippen LogP contribution in [0.15, 0.2) is 18.2 Å². The minimum absolute atomic E-state index is 0.0641. The summed E-state index contributed by atoms with van der Waals surface area (Å²) in [5.41, 5.74) is 5.70. The van der Waals surface area contributed by atoms with Crippen LogP contribution in [0.2, 0.25) is 0 Å². The van der Waals surface area contributed by atoms with Crippen molar-refractivity contribution in [3.8, 4) is 5.75 Å². The molecule has 0 saturated heterocycles. The molecule has 0 atom stereocenters. The van der Waals surface area contributed by atoms with Crippen molar-refractivity contribution in [2.45, 2.75) is 56.7 Å². The molecule has 126 valence electrons. The number of hydrogen-bond donors (Lipinski definition) is 2. The predicted molar refractivity (Wildman–Crippen MR) is 81.9 cm³/mol. The minimum Gasteiger partial charge on any atom is -0.490 e. The summed E-state index contributed by atoms with van der Waals surface area (Å²) >= 11 is 0. The molecule has 1 aromatic rings. The first-order valence-corrected chi connectivity index (χ1v) is 8.18. The maximum atomic E-state index is 13.2. The molecule has 0 unspecified atom stereocenters. The normalized spacial score (nSPS) is 30.4. The molecule has 1 aromatic carbocycles. The molecule has 2 aliphatic rings. The lowest BCUT2D eigenvalue weighted by Gasteiger charge is -2.34. The Labute approximate surface area is 134 Å². The summed E-state index contributed by atoms with van der Waals surface area (Å²) < 4.78 is 32.0. The van der Waals surface area contributed by atoms with Crippen molar-refractivity contribution in [2.24, 2.45) is 11.7 Å². The molecular weight excluding hydrogens is 302 g/mol. The molecule has 0 spiro atoms. The van der Waals surface area contributed by atoms with Crippen LogP contribution in [0, 0.1) is 17.6 Å². The Hall–Kier alpha value is -1.69. The first-order chi connectivity index (χ1) is 11.0. The summed E-state index contributed by atoms with van der Waals surface area (Å²) in [6, 6.07) is 3.53. The number of benzene rings is 1. The highest BCUT2D eigenvalue weighted by Crippen LogP contribution is 2.28. The topological polar surface area (TPSA) is 64.4 Å². The number of ether oxygens (including phenoxy) is 1. The molecule has 3 N–H and O–H groups in total. The summed E-state index contributed by atoms with van der Waals surface area (Å²) in [4.78, 5) is 12.0. The molecule has 4 nitrogen and oxygen atoms in total. The van der Waals surface area contributed by atoms with Crippen molar-refractivity contribution in [1.29, 1.82) is 0 Å². The van der Waals surface area contributed by atoms with Crippen LogP contribution in [0.5, 0.6) is 5.75 Å². The quantitative estimate of drug-likeness (QED) is 0.894. The zero-order valence-electron chi connectivity index (χ0n) is 12.9. The molecule has 3 rings (SSSR count). The van der Waals surface area contributed by atoms with Crippen LogP contribution in [0.3, 0.4) is 0 Å². The van der Waals surface area contributed by atoms with Gasteiger partial charge in [0.2, 0.25) is 5.91 Å². The van der Waals surface area contributed by atoms with Crippen molar-refractivity contribution in [1.82, 2.24) is 5.32 Å². The largest absolute Gasteiger partial charge is 0.490 e. The van der Waals surface area contributed by atoms with Gasteiger partial charge in [-0.1, -0.05) is 0 Å². The second-order valence-corrected chi connectivity index (χ2v) is 6.63. The van der Waals surface area contributed by atoms with Crippen LogP contribution in [0.4, 0.5) is 8.78 Å². The molecule has 0 radical (unpaired) electrons. The van der Waals surface area contributed by atoms with Crippen LogP contribution >= 0.6 is 0 Å². The van der Waals surface area contributed by atoms with Gasteiger partial charge in [0.05, 0.1) is 6.10 Å². The van der Waals surface area contributed by atoms with Crippen molar-refractivity contribution in [3.63, 3.8) is 0 Å². The zero-order chi connectivity index (χ0) is 16.4. The van der Waals surface area contributed by atoms with Gasteiger partial charge in [0.15, 0.2) is 0 Å². The third-order valence-corrected chi connectivity index (χ3v) is 4.70. The van der Waals surface area contributed by atoms with Crippen molar-refractivity contribution in [3.05, 3.63) is 29.8 Å². The van der Waals surface area contributed by atoms with Gasteiger partial charge < -0.3 is 15.8 Å². The van der Waals surface area contributed by atoms with Crippen molar-refractivity contribution >= 4 is 5.91 Å². The van der Waals surface area contributed by atoms with E-state index in [9.17, 15) is 13.6 Å². The van der Waals surface area contributed by atoms with E-state index in [1.54, 1.807) is 0 Å². The van der Waals surface area contributed by atoms with Gasteiger partial charge in [0.1, 0.15) is 17.4 Å². The number of nitrogens with one attached hydrogen (secondary N) is 1. The molecule has 0 bridgehead atoms. The van der Waals surface area contributed by atoms with Crippen molar-refractivity contribution in [2.75, 3.05) is 0 Å². The average molecular weight is 324 g/mol. The lowest BCUT2D eigenvalue weighted by molar-refractivity contribution is -0.129. The summed E-state index contributed by atoms with van der Waals surface area (Å²) in [7, 11) is 0. The van der Waals surface area contributed by atoms with Crippen LogP contribution in [-0.2, 0) is 4.79 Å². The number of rotatable bonds is 4. The number of hydrogen-bond acceptors (Lipinski definition) is 3. The van der Waals surface area contributed by atoms with Gasteiger partial charge in [-0.05, 0) is 38.5 Å². The molecular formula is C17H22F2N2O2. The summed E-state index contributed by atoms with van der Waals surface area (Å²) in [6.07, 6.45) is 4.62. The Balaban J connectivity index is 1.44. The first kappa shape index (κ1) is 16.2. The predicted octanol–water partition coefficient (Wildman–Crippen LogP) is 2.51.